The number of anilines is 1. The third kappa shape index (κ3) is 4.59. The Kier molecular flexibility index (Phi) is 5.63. The molecule has 0 fully saturated rings. The average Bonchev–Trinajstić information content (AvgIpc) is 2.27. The van der Waals surface area contributed by atoms with Crippen molar-refractivity contribution in [3.05, 3.63) is 28.2 Å². The van der Waals surface area contributed by atoms with Crippen molar-refractivity contribution in [1.29, 1.82) is 0 Å². The molecule has 0 radical (unpaired) electrons. The van der Waals surface area contributed by atoms with Crippen LogP contribution in [0.1, 0.15) is 26.3 Å². The standard InChI is InChI=1S/C14H23BrN2O/c1-5-17(10-14(2,3)18)13-8-12(15)7-6-11(13)9-16-4/h6-8,16,18H,5,9-10H2,1-4H3. The van der Waals surface area contributed by atoms with E-state index < -0.39 is 5.60 Å². The molecular formula is C14H23BrN2O. The first kappa shape index (κ1) is 15.5. The molecule has 0 saturated carbocycles. The maximum absolute atomic E-state index is 10.0. The zero-order valence-corrected chi connectivity index (χ0v) is 13.2. The third-order valence-electron chi connectivity index (χ3n) is 2.71. The number of benzene rings is 1. The molecule has 0 bridgehead atoms. The molecule has 102 valence electrons. The monoisotopic (exact) mass is 314 g/mol. The predicted molar refractivity (Wildman–Crippen MR) is 81.1 cm³/mol. The molecule has 0 saturated heterocycles. The number of aliphatic hydroxyl groups is 1. The van der Waals surface area contributed by atoms with E-state index in [2.05, 4.69) is 45.2 Å². The van der Waals surface area contributed by atoms with Gasteiger partial charge in [-0.2, -0.15) is 0 Å². The minimum absolute atomic E-state index is 0.622. The number of hydrogen-bond donors (Lipinski definition) is 2. The maximum atomic E-state index is 10.0. The molecule has 0 amide bonds. The molecule has 0 heterocycles. The van der Waals surface area contributed by atoms with E-state index in [-0.39, 0.29) is 0 Å². The van der Waals surface area contributed by atoms with Crippen molar-refractivity contribution in [3.8, 4) is 0 Å². The second kappa shape index (κ2) is 6.55. The topological polar surface area (TPSA) is 35.5 Å². The molecular weight excluding hydrogens is 292 g/mol. The number of halogens is 1. The van der Waals surface area contributed by atoms with Gasteiger partial charge in [-0.3, -0.25) is 0 Å². The number of nitrogens with zero attached hydrogens (tertiary/aromatic N) is 1. The Morgan fingerprint density at radius 1 is 1.39 bits per heavy atom. The van der Waals surface area contributed by atoms with Crippen LogP contribution in [0.5, 0.6) is 0 Å². The molecule has 0 spiro atoms. The van der Waals surface area contributed by atoms with Gasteiger partial charge in [-0.25, -0.2) is 0 Å². The fourth-order valence-corrected chi connectivity index (χ4v) is 2.35. The summed E-state index contributed by atoms with van der Waals surface area (Å²) in [4.78, 5) is 2.21. The average molecular weight is 315 g/mol. The van der Waals surface area contributed by atoms with Crippen LogP contribution in [-0.4, -0.2) is 30.8 Å². The van der Waals surface area contributed by atoms with Crippen molar-refractivity contribution in [1.82, 2.24) is 5.32 Å². The second-order valence-electron chi connectivity index (χ2n) is 5.13. The molecule has 1 aromatic carbocycles. The van der Waals surface area contributed by atoms with Crippen LogP contribution in [0.2, 0.25) is 0 Å². The lowest BCUT2D eigenvalue weighted by Gasteiger charge is -2.31. The minimum atomic E-state index is -0.699. The van der Waals surface area contributed by atoms with Crippen LogP contribution in [-0.2, 0) is 6.54 Å². The van der Waals surface area contributed by atoms with E-state index in [4.69, 9.17) is 0 Å². The summed E-state index contributed by atoms with van der Waals surface area (Å²) >= 11 is 3.51. The Balaban J connectivity index is 3.06. The number of rotatable bonds is 6. The fraction of sp³-hybridized carbons (Fsp3) is 0.571. The number of hydrogen-bond acceptors (Lipinski definition) is 3. The summed E-state index contributed by atoms with van der Waals surface area (Å²) in [5, 5.41) is 13.2. The van der Waals surface area contributed by atoms with Crippen LogP contribution in [0, 0.1) is 0 Å². The van der Waals surface area contributed by atoms with E-state index in [1.165, 1.54) is 11.3 Å². The summed E-state index contributed by atoms with van der Waals surface area (Å²) in [7, 11) is 1.94. The smallest absolute Gasteiger partial charge is 0.0765 e. The van der Waals surface area contributed by atoms with Gasteiger partial charge in [0.1, 0.15) is 0 Å². The van der Waals surface area contributed by atoms with E-state index in [9.17, 15) is 5.11 Å². The molecule has 0 aliphatic carbocycles. The highest BCUT2D eigenvalue weighted by Crippen LogP contribution is 2.26. The van der Waals surface area contributed by atoms with Gasteiger partial charge in [0.05, 0.1) is 5.60 Å². The molecule has 2 N–H and O–H groups in total. The molecule has 0 unspecified atom stereocenters. The van der Waals surface area contributed by atoms with Crippen LogP contribution in [0.3, 0.4) is 0 Å². The van der Waals surface area contributed by atoms with Crippen LogP contribution < -0.4 is 10.2 Å². The summed E-state index contributed by atoms with van der Waals surface area (Å²) < 4.78 is 1.06. The van der Waals surface area contributed by atoms with E-state index in [0.717, 1.165) is 17.6 Å². The van der Waals surface area contributed by atoms with Gasteiger partial charge in [-0.05, 0) is 45.5 Å². The predicted octanol–water partition coefficient (Wildman–Crippen LogP) is 2.77. The Bertz CT molecular complexity index is 388. The van der Waals surface area contributed by atoms with Crippen LogP contribution in [0.15, 0.2) is 22.7 Å². The highest BCUT2D eigenvalue weighted by atomic mass is 79.9. The number of likely N-dealkylation sites (N-methyl/N-ethyl adjacent to an activating group) is 1. The molecule has 0 aliphatic rings. The number of nitrogens with one attached hydrogen (secondary N) is 1. The van der Waals surface area contributed by atoms with Crippen molar-refractivity contribution < 1.29 is 5.11 Å². The van der Waals surface area contributed by atoms with Crippen molar-refractivity contribution in [2.24, 2.45) is 0 Å². The van der Waals surface area contributed by atoms with Crippen LogP contribution in [0.25, 0.3) is 0 Å². The first-order chi connectivity index (χ1) is 8.37. The summed E-state index contributed by atoms with van der Waals surface area (Å²) in [5.41, 5.74) is 1.71. The quantitative estimate of drug-likeness (QED) is 0.847. The molecule has 3 nitrogen and oxygen atoms in total. The van der Waals surface area contributed by atoms with Crippen molar-refractivity contribution >= 4 is 21.6 Å². The summed E-state index contributed by atoms with van der Waals surface area (Å²) in [6, 6.07) is 6.28. The van der Waals surface area contributed by atoms with E-state index in [1.54, 1.807) is 0 Å². The van der Waals surface area contributed by atoms with Crippen molar-refractivity contribution in [2.75, 3.05) is 25.0 Å². The molecule has 1 aromatic rings. The molecule has 1 rings (SSSR count). The minimum Gasteiger partial charge on any atom is -0.389 e. The lowest BCUT2D eigenvalue weighted by Crippen LogP contribution is -2.39. The van der Waals surface area contributed by atoms with E-state index in [1.807, 2.05) is 27.0 Å². The Morgan fingerprint density at radius 2 is 2.06 bits per heavy atom. The molecule has 0 aromatic heterocycles. The maximum Gasteiger partial charge on any atom is 0.0765 e. The largest absolute Gasteiger partial charge is 0.389 e. The van der Waals surface area contributed by atoms with Gasteiger partial charge < -0.3 is 15.3 Å². The van der Waals surface area contributed by atoms with E-state index in [0.29, 0.717) is 6.54 Å². The van der Waals surface area contributed by atoms with Crippen molar-refractivity contribution in [2.45, 2.75) is 32.9 Å². The zero-order chi connectivity index (χ0) is 13.8. The Labute approximate surface area is 118 Å². The van der Waals surface area contributed by atoms with Gasteiger partial charge in [0.15, 0.2) is 0 Å². The fourth-order valence-electron chi connectivity index (χ4n) is 2.01. The summed E-state index contributed by atoms with van der Waals surface area (Å²) in [6.45, 7) is 8.10. The van der Waals surface area contributed by atoms with Crippen molar-refractivity contribution in [3.63, 3.8) is 0 Å². The Morgan fingerprint density at radius 3 is 2.56 bits per heavy atom. The van der Waals surface area contributed by atoms with Gasteiger partial charge in [-0.1, -0.05) is 22.0 Å². The summed E-state index contributed by atoms with van der Waals surface area (Å²) in [6.07, 6.45) is 0. The Hall–Kier alpha value is -0.580. The van der Waals surface area contributed by atoms with Gasteiger partial charge in [0, 0.05) is 29.8 Å². The molecule has 18 heavy (non-hydrogen) atoms. The lowest BCUT2D eigenvalue weighted by molar-refractivity contribution is 0.0875. The van der Waals surface area contributed by atoms with Crippen LogP contribution in [0.4, 0.5) is 5.69 Å². The molecule has 0 atom stereocenters. The molecule has 0 aliphatic heterocycles. The van der Waals surface area contributed by atoms with Gasteiger partial charge in [0.2, 0.25) is 0 Å². The normalized spacial score (nSPS) is 11.7. The molecule has 4 heteroatoms. The first-order valence-electron chi connectivity index (χ1n) is 6.27. The van der Waals surface area contributed by atoms with Crippen LogP contribution >= 0.6 is 15.9 Å². The second-order valence-corrected chi connectivity index (χ2v) is 6.05. The first-order valence-corrected chi connectivity index (χ1v) is 7.07. The zero-order valence-electron chi connectivity index (χ0n) is 11.6. The highest BCUT2D eigenvalue weighted by molar-refractivity contribution is 9.10. The van der Waals surface area contributed by atoms with Gasteiger partial charge in [-0.15, -0.1) is 0 Å². The van der Waals surface area contributed by atoms with E-state index >= 15 is 0 Å². The summed E-state index contributed by atoms with van der Waals surface area (Å²) in [5.74, 6) is 0. The third-order valence-corrected chi connectivity index (χ3v) is 3.21. The highest BCUT2D eigenvalue weighted by Gasteiger charge is 2.19. The SMILES string of the molecule is CCN(CC(C)(C)O)c1cc(Br)ccc1CNC. The lowest BCUT2D eigenvalue weighted by atomic mass is 10.1. The van der Waals surface area contributed by atoms with Gasteiger partial charge >= 0.3 is 0 Å². The van der Waals surface area contributed by atoms with Gasteiger partial charge in [0.25, 0.3) is 0 Å².